The maximum atomic E-state index is 12.6. The van der Waals surface area contributed by atoms with Crippen LogP contribution in [0.25, 0.3) is 0 Å². The Bertz CT molecular complexity index is 710. The number of nitrogens with zero attached hydrogens (tertiary/aromatic N) is 1. The molecule has 0 bridgehead atoms. The van der Waals surface area contributed by atoms with Crippen LogP contribution in [0.3, 0.4) is 0 Å². The fraction of sp³-hybridized carbons (Fsp3) is 0.526. The van der Waals surface area contributed by atoms with Crippen molar-refractivity contribution in [1.82, 2.24) is 10.3 Å². The number of hydrogen-bond donors (Lipinski definition) is 3. The van der Waals surface area contributed by atoms with Crippen LogP contribution in [-0.2, 0) is 9.53 Å². The average Bonchev–Trinajstić information content (AvgIpc) is 3.41. The number of hydrazine groups is 1. The van der Waals surface area contributed by atoms with E-state index in [4.69, 9.17) is 4.74 Å². The van der Waals surface area contributed by atoms with E-state index in [-0.39, 0.29) is 11.9 Å². The van der Waals surface area contributed by atoms with Gasteiger partial charge in [0.05, 0.1) is 16.9 Å². The second-order valence-electron chi connectivity index (χ2n) is 7.56. The first-order valence-electron chi connectivity index (χ1n) is 9.02. The SMILES string of the molecule is CNC(=O)c1cccc(NN(C(=O)OC(C)(C)C)[C@@H](C)C=O)c1NC1CC1. The quantitative estimate of drug-likeness (QED) is 0.500. The van der Waals surface area contributed by atoms with Gasteiger partial charge in [0.15, 0.2) is 0 Å². The smallest absolute Gasteiger partial charge is 0.429 e. The van der Waals surface area contributed by atoms with Crippen molar-refractivity contribution < 1.29 is 19.1 Å². The molecule has 1 aromatic rings. The van der Waals surface area contributed by atoms with Crippen LogP contribution in [0.15, 0.2) is 18.2 Å². The number of hydrogen-bond acceptors (Lipinski definition) is 6. The molecule has 0 heterocycles. The lowest BCUT2D eigenvalue weighted by atomic mass is 10.1. The number of para-hydroxylation sites is 1. The molecule has 2 rings (SSSR count). The number of aldehydes is 1. The maximum absolute atomic E-state index is 12.6. The molecule has 0 unspecified atom stereocenters. The van der Waals surface area contributed by atoms with Crippen molar-refractivity contribution in [3.8, 4) is 0 Å². The van der Waals surface area contributed by atoms with Gasteiger partial charge in [-0.05, 0) is 52.7 Å². The molecular weight excluding hydrogens is 348 g/mol. The minimum Gasteiger partial charge on any atom is -0.442 e. The van der Waals surface area contributed by atoms with Crippen molar-refractivity contribution >= 4 is 29.7 Å². The molecule has 1 atom stereocenters. The van der Waals surface area contributed by atoms with E-state index in [1.165, 1.54) is 0 Å². The average molecular weight is 376 g/mol. The Morgan fingerprint density at radius 1 is 1.30 bits per heavy atom. The molecule has 148 valence electrons. The van der Waals surface area contributed by atoms with E-state index < -0.39 is 17.7 Å². The van der Waals surface area contributed by atoms with Gasteiger partial charge in [0.2, 0.25) is 0 Å². The van der Waals surface area contributed by atoms with Gasteiger partial charge in [0.25, 0.3) is 5.91 Å². The van der Waals surface area contributed by atoms with Crippen LogP contribution in [0.2, 0.25) is 0 Å². The molecule has 0 spiro atoms. The lowest BCUT2D eigenvalue weighted by molar-refractivity contribution is -0.111. The largest absolute Gasteiger partial charge is 0.442 e. The van der Waals surface area contributed by atoms with Crippen molar-refractivity contribution in [2.75, 3.05) is 17.8 Å². The molecule has 2 amide bonds. The van der Waals surface area contributed by atoms with Crippen LogP contribution in [-0.4, -0.2) is 48.0 Å². The second kappa shape index (κ2) is 8.28. The minimum absolute atomic E-state index is 0.242. The van der Waals surface area contributed by atoms with Crippen molar-refractivity contribution in [2.45, 2.75) is 58.2 Å². The third kappa shape index (κ3) is 5.60. The van der Waals surface area contributed by atoms with Crippen LogP contribution in [0.1, 0.15) is 50.9 Å². The highest BCUT2D eigenvalue weighted by atomic mass is 16.6. The first-order chi connectivity index (χ1) is 12.7. The summed E-state index contributed by atoms with van der Waals surface area (Å²) in [6, 6.07) is 4.68. The van der Waals surface area contributed by atoms with E-state index in [1.807, 2.05) is 0 Å². The summed E-state index contributed by atoms with van der Waals surface area (Å²) in [5.74, 6) is -0.242. The van der Waals surface area contributed by atoms with E-state index in [0.29, 0.717) is 23.2 Å². The zero-order valence-electron chi connectivity index (χ0n) is 16.5. The van der Waals surface area contributed by atoms with Crippen LogP contribution in [0, 0.1) is 0 Å². The summed E-state index contributed by atoms with van der Waals surface area (Å²) in [5.41, 5.74) is 3.81. The van der Waals surface area contributed by atoms with Crippen LogP contribution >= 0.6 is 0 Å². The van der Waals surface area contributed by atoms with E-state index >= 15 is 0 Å². The molecule has 1 aliphatic carbocycles. The number of nitrogens with one attached hydrogen (secondary N) is 3. The molecule has 1 fully saturated rings. The van der Waals surface area contributed by atoms with Crippen LogP contribution < -0.4 is 16.1 Å². The molecule has 27 heavy (non-hydrogen) atoms. The molecule has 1 aromatic carbocycles. The van der Waals surface area contributed by atoms with Gasteiger partial charge < -0.3 is 20.2 Å². The lowest BCUT2D eigenvalue weighted by Gasteiger charge is -2.31. The van der Waals surface area contributed by atoms with Crippen molar-refractivity contribution in [1.29, 1.82) is 0 Å². The summed E-state index contributed by atoms with van der Waals surface area (Å²) in [7, 11) is 1.56. The number of carbonyl (C=O) groups excluding carboxylic acids is 3. The summed E-state index contributed by atoms with van der Waals surface area (Å²) < 4.78 is 5.39. The Kier molecular flexibility index (Phi) is 6.30. The summed E-state index contributed by atoms with van der Waals surface area (Å²) in [4.78, 5) is 36.1. The molecule has 1 aliphatic rings. The molecule has 0 aliphatic heterocycles. The molecule has 0 aromatic heterocycles. The molecule has 1 saturated carbocycles. The summed E-state index contributed by atoms with van der Waals surface area (Å²) in [5, 5.41) is 7.07. The predicted octanol–water partition coefficient (Wildman–Crippen LogP) is 2.77. The number of carbonyl (C=O) groups is 3. The van der Waals surface area contributed by atoms with Crippen LogP contribution in [0.4, 0.5) is 16.2 Å². The Morgan fingerprint density at radius 3 is 2.48 bits per heavy atom. The number of amides is 2. The van der Waals surface area contributed by atoms with Gasteiger partial charge in [-0.2, -0.15) is 0 Å². The van der Waals surface area contributed by atoms with E-state index in [0.717, 1.165) is 17.9 Å². The maximum Gasteiger partial charge on any atom is 0.429 e. The molecule has 0 radical (unpaired) electrons. The van der Waals surface area contributed by atoms with Gasteiger partial charge in [-0.3, -0.25) is 10.2 Å². The fourth-order valence-corrected chi connectivity index (χ4v) is 2.37. The third-order valence-electron chi connectivity index (χ3n) is 3.90. The topological polar surface area (TPSA) is 99.8 Å². The highest BCUT2D eigenvalue weighted by molar-refractivity contribution is 6.02. The van der Waals surface area contributed by atoms with Gasteiger partial charge in [0.1, 0.15) is 17.9 Å². The number of rotatable bonds is 7. The van der Waals surface area contributed by atoms with Crippen molar-refractivity contribution in [3.63, 3.8) is 0 Å². The van der Waals surface area contributed by atoms with E-state index in [1.54, 1.807) is 52.9 Å². The molecular formula is C19H28N4O4. The normalized spacial score (nSPS) is 14.7. The minimum atomic E-state index is -0.766. The molecule has 8 nitrogen and oxygen atoms in total. The molecule has 0 saturated heterocycles. The highest BCUT2D eigenvalue weighted by Crippen LogP contribution is 2.33. The standard InChI is InChI=1S/C19H28N4O4/c1-12(11-24)23(18(26)27-19(2,3)4)22-15-8-6-7-14(17(25)20-5)16(15)21-13-9-10-13/h6-8,11-13,21-22H,9-10H2,1-5H3,(H,20,25)/t12-/m0/s1. The number of ether oxygens (including phenoxy) is 1. The highest BCUT2D eigenvalue weighted by Gasteiger charge is 2.29. The first kappa shape index (κ1) is 20.5. The Labute approximate surface area is 159 Å². The van der Waals surface area contributed by atoms with Crippen molar-refractivity contribution in [3.05, 3.63) is 23.8 Å². The zero-order chi connectivity index (χ0) is 20.2. The summed E-state index contributed by atoms with van der Waals surface area (Å²) in [6.07, 6.45) is 2.00. The Hall–Kier alpha value is -2.77. The molecule has 8 heteroatoms. The second-order valence-corrected chi connectivity index (χ2v) is 7.56. The Balaban J connectivity index is 2.36. The summed E-state index contributed by atoms with van der Waals surface area (Å²) >= 11 is 0. The lowest BCUT2D eigenvalue weighted by Crippen LogP contribution is -2.46. The number of benzene rings is 1. The van der Waals surface area contributed by atoms with Gasteiger partial charge in [-0.25, -0.2) is 9.80 Å². The fourth-order valence-electron chi connectivity index (χ4n) is 2.37. The Morgan fingerprint density at radius 2 is 1.96 bits per heavy atom. The van der Waals surface area contributed by atoms with Gasteiger partial charge in [-0.1, -0.05) is 6.07 Å². The van der Waals surface area contributed by atoms with E-state index in [9.17, 15) is 14.4 Å². The van der Waals surface area contributed by atoms with E-state index in [2.05, 4.69) is 16.1 Å². The summed E-state index contributed by atoms with van der Waals surface area (Å²) in [6.45, 7) is 6.84. The third-order valence-corrected chi connectivity index (χ3v) is 3.90. The first-order valence-corrected chi connectivity index (χ1v) is 9.02. The van der Waals surface area contributed by atoms with Gasteiger partial charge in [-0.15, -0.1) is 0 Å². The zero-order valence-corrected chi connectivity index (χ0v) is 16.5. The predicted molar refractivity (Wildman–Crippen MR) is 104 cm³/mol. The van der Waals surface area contributed by atoms with Crippen molar-refractivity contribution in [2.24, 2.45) is 0 Å². The van der Waals surface area contributed by atoms with Crippen LogP contribution in [0.5, 0.6) is 0 Å². The molecule has 3 N–H and O–H groups in total. The number of anilines is 2. The van der Waals surface area contributed by atoms with Gasteiger partial charge in [0, 0.05) is 13.1 Å². The monoisotopic (exact) mass is 376 g/mol. The van der Waals surface area contributed by atoms with Gasteiger partial charge >= 0.3 is 6.09 Å².